The van der Waals surface area contributed by atoms with Gasteiger partial charge in [-0.2, -0.15) is 0 Å². The fourth-order valence-electron chi connectivity index (χ4n) is 1.97. The van der Waals surface area contributed by atoms with Crippen molar-refractivity contribution in [1.29, 1.82) is 0 Å². The number of methoxy groups -OCH3 is 1. The molecule has 0 atom stereocenters. The molecule has 0 N–H and O–H groups in total. The van der Waals surface area contributed by atoms with Gasteiger partial charge in [0.15, 0.2) is 0 Å². The topological polar surface area (TPSA) is 39.4 Å². The third-order valence-corrected chi connectivity index (χ3v) is 3.00. The number of carbonyl (C=O) groups is 1. The van der Waals surface area contributed by atoms with E-state index in [1.165, 1.54) is 7.11 Å². The van der Waals surface area contributed by atoms with Gasteiger partial charge in [0.25, 0.3) is 0 Å². The summed E-state index contributed by atoms with van der Waals surface area (Å²) in [7, 11) is 1.43. The highest BCUT2D eigenvalue weighted by atomic mass is 16.5. The first-order valence-electron chi connectivity index (χ1n) is 4.84. The molecule has 3 nitrogen and oxygen atoms in total. The predicted molar refractivity (Wildman–Crippen MR) is 51.0 cm³/mol. The lowest BCUT2D eigenvalue weighted by molar-refractivity contribution is -0.152. The van der Waals surface area contributed by atoms with Crippen molar-refractivity contribution >= 4 is 5.97 Å². The van der Waals surface area contributed by atoms with E-state index in [-0.39, 0.29) is 5.97 Å². The monoisotopic (exact) mass is 194 g/mol. The number of ether oxygens (including phenoxy) is 1. The Bertz CT molecular complexity index is 347. The highest BCUT2D eigenvalue weighted by Gasteiger charge is 2.49. The van der Waals surface area contributed by atoms with E-state index >= 15 is 0 Å². The SMILES string of the molecule is COC(=O)C1(c2ccc(C)o2)CCC1. The molecule has 0 spiro atoms. The fraction of sp³-hybridized carbons (Fsp3) is 0.545. The van der Waals surface area contributed by atoms with E-state index in [4.69, 9.17) is 9.15 Å². The number of furan rings is 1. The van der Waals surface area contributed by atoms with Crippen molar-refractivity contribution < 1.29 is 13.9 Å². The van der Waals surface area contributed by atoms with Crippen LogP contribution in [0.1, 0.15) is 30.8 Å². The quantitative estimate of drug-likeness (QED) is 0.677. The van der Waals surface area contributed by atoms with E-state index in [0.717, 1.165) is 30.8 Å². The molecule has 0 unspecified atom stereocenters. The van der Waals surface area contributed by atoms with Crippen LogP contribution in [0, 0.1) is 6.92 Å². The molecule has 2 rings (SSSR count). The summed E-state index contributed by atoms with van der Waals surface area (Å²) >= 11 is 0. The summed E-state index contributed by atoms with van der Waals surface area (Å²) in [5, 5.41) is 0. The average Bonchev–Trinajstić information content (AvgIpc) is 2.50. The summed E-state index contributed by atoms with van der Waals surface area (Å²) < 4.78 is 10.3. The van der Waals surface area contributed by atoms with Crippen molar-refractivity contribution in [2.24, 2.45) is 0 Å². The highest BCUT2D eigenvalue weighted by molar-refractivity contribution is 5.83. The molecule has 0 aromatic carbocycles. The van der Waals surface area contributed by atoms with Gasteiger partial charge in [-0.3, -0.25) is 4.79 Å². The predicted octanol–water partition coefficient (Wildman–Crippen LogP) is 2.18. The second kappa shape index (κ2) is 3.15. The summed E-state index contributed by atoms with van der Waals surface area (Å²) in [4.78, 5) is 11.6. The first kappa shape index (κ1) is 9.31. The average molecular weight is 194 g/mol. The summed E-state index contributed by atoms with van der Waals surface area (Å²) in [6.45, 7) is 1.88. The first-order chi connectivity index (χ1) is 6.69. The lowest BCUT2D eigenvalue weighted by atomic mass is 9.67. The van der Waals surface area contributed by atoms with Crippen molar-refractivity contribution in [3.63, 3.8) is 0 Å². The molecule has 76 valence electrons. The van der Waals surface area contributed by atoms with Gasteiger partial charge in [-0.15, -0.1) is 0 Å². The van der Waals surface area contributed by atoms with Gasteiger partial charge in [0.05, 0.1) is 7.11 Å². The van der Waals surface area contributed by atoms with Crippen LogP contribution in [0.4, 0.5) is 0 Å². The van der Waals surface area contributed by atoms with Gasteiger partial charge in [-0.1, -0.05) is 6.42 Å². The molecule has 0 bridgehead atoms. The van der Waals surface area contributed by atoms with Gasteiger partial charge < -0.3 is 9.15 Å². The van der Waals surface area contributed by atoms with Crippen molar-refractivity contribution in [1.82, 2.24) is 0 Å². The number of carbonyl (C=O) groups excluding carboxylic acids is 1. The van der Waals surface area contributed by atoms with Crippen LogP contribution in [0.2, 0.25) is 0 Å². The Morgan fingerprint density at radius 3 is 2.57 bits per heavy atom. The molecule has 0 saturated heterocycles. The number of aryl methyl sites for hydroxylation is 1. The van der Waals surface area contributed by atoms with Crippen LogP contribution in [0.3, 0.4) is 0 Å². The molecule has 14 heavy (non-hydrogen) atoms. The third kappa shape index (κ3) is 1.15. The largest absolute Gasteiger partial charge is 0.468 e. The van der Waals surface area contributed by atoms with Crippen molar-refractivity contribution in [2.75, 3.05) is 7.11 Å². The molecule has 0 amide bonds. The lowest BCUT2D eigenvalue weighted by Gasteiger charge is -2.36. The van der Waals surface area contributed by atoms with Gasteiger partial charge in [0.1, 0.15) is 16.9 Å². The molecule has 1 aromatic heterocycles. The van der Waals surface area contributed by atoms with E-state index in [9.17, 15) is 4.79 Å². The minimum atomic E-state index is -0.483. The molecule has 3 heteroatoms. The number of esters is 1. The second-order valence-corrected chi connectivity index (χ2v) is 3.84. The number of hydrogen-bond acceptors (Lipinski definition) is 3. The standard InChI is InChI=1S/C11H14O3/c1-8-4-5-9(14-8)11(6-3-7-11)10(12)13-2/h4-5H,3,6-7H2,1-2H3. The van der Waals surface area contributed by atoms with Gasteiger partial charge in [0, 0.05) is 0 Å². The minimum absolute atomic E-state index is 0.168. The minimum Gasteiger partial charge on any atom is -0.468 e. The maximum absolute atomic E-state index is 11.6. The Labute approximate surface area is 83.0 Å². The smallest absolute Gasteiger partial charge is 0.319 e. The summed E-state index contributed by atoms with van der Waals surface area (Å²) in [6.07, 6.45) is 2.74. The van der Waals surface area contributed by atoms with Crippen molar-refractivity contribution in [3.05, 3.63) is 23.7 Å². The molecule has 1 fully saturated rings. The fourth-order valence-corrected chi connectivity index (χ4v) is 1.97. The zero-order chi connectivity index (χ0) is 10.2. The van der Waals surface area contributed by atoms with Gasteiger partial charge in [-0.05, 0) is 31.9 Å². The van der Waals surface area contributed by atoms with Crippen LogP contribution in [-0.4, -0.2) is 13.1 Å². The van der Waals surface area contributed by atoms with Crippen molar-refractivity contribution in [2.45, 2.75) is 31.6 Å². The molecule has 1 saturated carbocycles. The Kier molecular flexibility index (Phi) is 2.10. The van der Waals surface area contributed by atoms with E-state index in [0.29, 0.717) is 0 Å². The van der Waals surface area contributed by atoms with Crippen LogP contribution in [0.5, 0.6) is 0 Å². The Hall–Kier alpha value is -1.25. The maximum Gasteiger partial charge on any atom is 0.319 e. The molecule has 0 radical (unpaired) electrons. The Morgan fingerprint density at radius 1 is 1.50 bits per heavy atom. The molecular formula is C11H14O3. The molecular weight excluding hydrogens is 180 g/mol. The van der Waals surface area contributed by atoms with Crippen LogP contribution in [0.25, 0.3) is 0 Å². The van der Waals surface area contributed by atoms with Gasteiger partial charge in [0.2, 0.25) is 0 Å². The summed E-state index contributed by atoms with van der Waals surface area (Å²) in [6, 6.07) is 3.77. The second-order valence-electron chi connectivity index (χ2n) is 3.84. The van der Waals surface area contributed by atoms with E-state index < -0.39 is 5.41 Å². The van der Waals surface area contributed by atoms with Crippen LogP contribution >= 0.6 is 0 Å². The maximum atomic E-state index is 11.6. The molecule has 1 heterocycles. The van der Waals surface area contributed by atoms with E-state index in [1.54, 1.807) is 0 Å². The number of hydrogen-bond donors (Lipinski definition) is 0. The van der Waals surface area contributed by atoms with Crippen molar-refractivity contribution in [3.8, 4) is 0 Å². The Balaban J connectivity index is 2.33. The number of rotatable bonds is 2. The van der Waals surface area contributed by atoms with Crippen LogP contribution < -0.4 is 0 Å². The highest BCUT2D eigenvalue weighted by Crippen LogP contribution is 2.45. The lowest BCUT2D eigenvalue weighted by Crippen LogP contribution is -2.42. The molecule has 1 aromatic rings. The molecule has 1 aliphatic carbocycles. The van der Waals surface area contributed by atoms with Gasteiger partial charge in [-0.25, -0.2) is 0 Å². The normalized spacial score (nSPS) is 18.7. The van der Waals surface area contributed by atoms with Gasteiger partial charge >= 0.3 is 5.97 Å². The van der Waals surface area contributed by atoms with Crippen LogP contribution in [-0.2, 0) is 14.9 Å². The zero-order valence-corrected chi connectivity index (χ0v) is 8.50. The first-order valence-corrected chi connectivity index (χ1v) is 4.84. The molecule has 0 aliphatic heterocycles. The van der Waals surface area contributed by atoms with E-state index in [1.807, 2.05) is 19.1 Å². The van der Waals surface area contributed by atoms with Crippen LogP contribution in [0.15, 0.2) is 16.5 Å². The summed E-state index contributed by atoms with van der Waals surface area (Å²) in [5.41, 5.74) is -0.483. The molecule has 1 aliphatic rings. The zero-order valence-electron chi connectivity index (χ0n) is 8.50. The third-order valence-electron chi connectivity index (χ3n) is 3.00. The summed E-state index contributed by atoms with van der Waals surface area (Å²) in [5.74, 6) is 1.43. The Morgan fingerprint density at radius 2 is 2.21 bits per heavy atom. The van der Waals surface area contributed by atoms with E-state index in [2.05, 4.69) is 0 Å².